The highest BCUT2D eigenvalue weighted by Gasteiger charge is 2.72. The van der Waals surface area contributed by atoms with Crippen molar-refractivity contribution in [2.24, 2.45) is 17.8 Å². The number of nitrogens with zero attached hydrogens (tertiary/aromatic N) is 2. The molecule has 8 nitrogen and oxygen atoms in total. The molecule has 3 amide bonds. The zero-order valence-corrected chi connectivity index (χ0v) is 27.2. The van der Waals surface area contributed by atoms with Gasteiger partial charge in [0, 0.05) is 23.3 Å². The molecule has 4 aliphatic heterocycles. The SMILES string of the molecule is O=C(Nc1cccc(Cl)c1)C1[C@H]2C=CC3(O2)C(C(=O)NC2CCCCC2)N(CCCN2CCC(Cc4ccccc4)CC2)C(=O)[C@@H]13. The summed E-state index contributed by atoms with van der Waals surface area (Å²) in [5.41, 5.74) is 0.827. The first-order valence-corrected chi connectivity index (χ1v) is 17.6. The van der Waals surface area contributed by atoms with Crippen LogP contribution in [0.5, 0.6) is 0 Å². The lowest BCUT2D eigenvalue weighted by atomic mass is 9.74. The van der Waals surface area contributed by atoms with Gasteiger partial charge in [0.2, 0.25) is 17.7 Å². The number of rotatable bonds is 10. The largest absolute Gasteiger partial charge is 0.359 e. The fraction of sp³-hybridized carbons (Fsp3) is 0.541. The van der Waals surface area contributed by atoms with Crippen LogP contribution in [0.15, 0.2) is 66.7 Å². The number of carbonyl (C=O) groups is 3. The normalized spacial score (nSPS) is 29.7. The van der Waals surface area contributed by atoms with Gasteiger partial charge in [-0.3, -0.25) is 14.4 Å². The summed E-state index contributed by atoms with van der Waals surface area (Å²) in [7, 11) is 0. The Labute approximate surface area is 276 Å². The molecular formula is C37H45ClN4O4. The summed E-state index contributed by atoms with van der Waals surface area (Å²) in [6, 6.07) is 17.0. The molecule has 4 heterocycles. The zero-order chi connectivity index (χ0) is 31.7. The van der Waals surface area contributed by atoms with Crippen molar-refractivity contribution >= 4 is 35.0 Å². The molecule has 2 bridgehead atoms. The summed E-state index contributed by atoms with van der Waals surface area (Å²) in [4.78, 5) is 46.4. The molecule has 0 aromatic heterocycles. The van der Waals surface area contributed by atoms with Gasteiger partial charge in [0.15, 0.2) is 0 Å². The maximum atomic E-state index is 14.3. The summed E-state index contributed by atoms with van der Waals surface area (Å²) in [5, 5.41) is 6.75. The highest BCUT2D eigenvalue weighted by Crippen LogP contribution is 2.55. The van der Waals surface area contributed by atoms with Gasteiger partial charge in [-0.25, -0.2) is 0 Å². The third-order valence-electron chi connectivity index (χ3n) is 10.9. The van der Waals surface area contributed by atoms with Crippen LogP contribution in [0.3, 0.4) is 0 Å². The fourth-order valence-electron chi connectivity index (χ4n) is 8.65. The van der Waals surface area contributed by atoms with E-state index < -0.39 is 29.6 Å². The van der Waals surface area contributed by atoms with Crippen LogP contribution in [0, 0.1) is 17.8 Å². The van der Waals surface area contributed by atoms with Gasteiger partial charge in [-0.05, 0) is 87.8 Å². The molecule has 46 heavy (non-hydrogen) atoms. The smallest absolute Gasteiger partial charge is 0.246 e. The Morgan fingerprint density at radius 1 is 0.935 bits per heavy atom. The van der Waals surface area contributed by atoms with Crippen molar-refractivity contribution in [1.29, 1.82) is 0 Å². The van der Waals surface area contributed by atoms with Gasteiger partial charge in [-0.2, -0.15) is 0 Å². The standard InChI is InChI=1S/C37H45ClN4O4/c38-27-11-7-14-29(24-27)40-34(43)31-30-15-18-37(46-30)32(31)36(45)42(33(37)35(44)39-28-12-5-2-6-13-28)20-8-19-41-21-16-26(17-22-41)23-25-9-3-1-4-10-25/h1,3-4,7,9-11,14-15,18,24,26,28,30-33H,2,5-6,8,12-13,16-17,19-23H2,(H,39,44)(H,40,43)/t30-,31?,32-,33?,37?/m1/s1. The van der Waals surface area contributed by atoms with E-state index in [1.54, 1.807) is 29.2 Å². The van der Waals surface area contributed by atoms with Crippen LogP contribution in [-0.4, -0.2) is 77.5 Å². The highest BCUT2D eigenvalue weighted by molar-refractivity contribution is 6.30. The first kappa shape index (κ1) is 31.4. The Morgan fingerprint density at radius 3 is 2.48 bits per heavy atom. The van der Waals surface area contributed by atoms with Crippen molar-refractivity contribution in [2.45, 2.75) is 81.6 Å². The average Bonchev–Trinajstić information content (AvgIpc) is 3.70. The molecule has 5 aliphatic rings. The topological polar surface area (TPSA) is 91.0 Å². The Bertz CT molecular complexity index is 1450. The van der Waals surface area contributed by atoms with Crippen molar-refractivity contribution in [1.82, 2.24) is 15.1 Å². The lowest BCUT2D eigenvalue weighted by Crippen LogP contribution is -2.56. The summed E-state index contributed by atoms with van der Waals surface area (Å²) in [6.07, 6.45) is 12.7. The molecule has 2 N–H and O–H groups in total. The average molecular weight is 645 g/mol. The Hall–Kier alpha value is -3.20. The predicted molar refractivity (Wildman–Crippen MR) is 178 cm³/mol. The number of fused-ring (bicyclic) bond motifs is 1. The second-order valence-corrected chi connectivity index (χ2v) is 14.3. The number of piperidine rings is 1. The molecule has 0 radical (unpaired) electrons. The number of ether oxygens (including phenoxy) is 1. The zero-order valence-electron chi connectivity index (χ0n) is 26.4. The van der Waals surface area contributed by atoms with Crippen molar-refractivity contribution < 1.29 is 19.1 Å². The van der Waals surface area contributed by atoms with Crippen LogP contribution in [0.2, 0.25) is 5.02 Å². The summed E-state index contributed by atoms with van der Waals surface area (Å²) in [6.45, 7) is 3.41. The molecule has 7 rings (SSSR count). The second-order valence-electron chi connectivity index (χ2n) is 13.9. The van der Waals surface area contributed by atoms with Crippen LogP contribution < -0.4 is 10.6 Å². The number of hydrogen-bond donors (Lipinski definition) is 2. The molecule has 2 aromatic carbocycles. The number of benzene rings is 2. The van der Waals surface area contributed by atoms with E-state index in [2.05, 4.69) is 45.9 Å². The third kappa shape index (κ3) is 6.24. The number of halogens is 1. The molecule has 2 aromatic rings. The van der Waals surface area contributed by atoms with Crippen LogP contribution in [-0.2, 0) is 25.5 Å². The number of anilines is 1. The first-order valence-electron chi connectivity index (χ1n) is 17.2. The van der Waals surface area contributed by atoms with Gasteiger partial charge >= 0.3 is 0 Å². The van der Waals surface area contributed by atoms with Crippen molar-refractivity contribution in [3.05, 3.63) is 77.3 Å². The molecule has 1 aliphatic carbocycles. The Kier molecular flexibility index (Phi) is 9.21. The minimum absolute atomic E-state index is 0.107. The predicted octanol–water partition coefficient (Wildman–Crippen LogP) is 5.22. The van der Waals surface area contributed by atoms with Gasteiger partial charge in [0.1, 0.15) is 11.6 Å². The highest BCUT2D eigenvalue weighted by atomic mass is 35.5. The van der Waals surface area contributed by atoms with Gasteiger partial charge in [0.25, 0.3) is 0 Å². The van der Waals surface area contributed by atoms with Crippen LogP contribution >= 0.6 is 11.6 Å². The summed E-state index contributed by atoms with van der Waals surface area (Å²) >= 11 is 6.16. The van der Waals surface area contributed by atoms with E-state index in [9.17, 15) is 14.4 Å². The number of likely N-dealkylation sites (tertiary alicyclic amines) is 2. The van der Waals surface area contributed by atoms with Crippen molar-refractivity contribution in [2.75, 3.05) is 31.5 Å². The van der Waals surface area contributed by atoms with E-state index in [1.165, 1.54) is 24.8 Å². The molecule has 3 unspecified atom stereocenters. The van der Waals surface area contributed by atoms with Gasteiger partial charge in [0.05, 0.1) is 17.9 Å². The number of hydrogen-bond acceptors (Lipinski definition) is 5. The molecule has 244 valence electrons. The van der Waals surface area contributed by atoms with Crippen molar-refractivity contribution in [3.63, 3.8) is 0 Å². The molecular weight excluding hydrogens is 600 g/mol. The van der Waals surface area contributed by atoms with E-state index in [0.29, 0.717) is 23.2 Å². The van der Waals surface area contributed by atoms with Crippen molar-refractivity contribution in [3.8, 4) is 0 Å². The molecule has 1 saturated carbocycles. The number of amides is 3. The fourth-order valence-corrected chi connectivity index (χ4v) is 8.84. The molecule has 1 spiro atoms. The molecule has 4 fully saturated rings. The van der Waals surface area contributed by atoms with E-state index in [0.717, 1.165) is 58.2 Å². The van der Waals surface area contributed by atoms with Crippen LogP contribution in [0.4, 0.5) is 5.69 Å². The van der Waals surface area contributed by atoms with Gasteiger partial charge in [-0.1, -0.05) is 79.4 Å². The first-order chi connectivity index (χ1) is 22.4. The third-order valence-corrected chi connectivity index (χ3v) is 11.2. The Balaban J connectivity index is 1.04. The maximum absolute atomic E-state index is 14.3. The summed E-state index contributed by atoms with van der Waals surface area (Å²) in [5.74, 6) is -1.40. The van der Waals surface area contributed by atoms with Crippen LogP contribution in [0.25, 0.3) is 0 Å². The lowest BCUT2D eigenvalue weighted by molar-refractivity contribution is -0.141. The summed E-state index contributed by atoms with van der Waals surface area (Å²) < 4.78 is 6.53. The minimum atomic E-state index is -1.15. The second kappa shape index (κ2) is 13.5. The Morgan fingerprint density at radius 2 is 1.72 bits per heavy atom. The van der Waals surface area contributed by atoms with Gasteiger partial charge < -0.3 is 25.2 Å². The van der Waals surface area contributed by atoms with Gasteiger partial charge in [-0.15, -0.1) is 0 Å². The monoisotopic (exact) mass is 644 g/mol. The quantitative estimate of drug-likeness (QED) is 0.346. The van der Waals surface area contributed by atoms with E-state index in [-0.39, 0.29) is 23.8 Å². The minimum Gasteiger partial charge on any atom is -0.359 e. The molecule has 3 saturated heterocycles. The molecule has 9 heteroatoms. The number of nitrogens with one attached hydrogen (secondary N) is 2. The maximum Gasteiger partial charge on any atom is 0.246 e. The van der Waals surface area contributed by atoms with Crippen LogP contribution in [0.1, 0.15) is 56.9 Å². The molecule has 5 atom stereocenters. The lowest BCUT2D eigenvalue weighted by Gasteiger charge is -2.35. The number of carbonyl (C=O) groups excluding carboxylic acids is 3. The van der Waals surface area contributed by atoms with E-state index in [4.69, 9.17) is 16.3 Å². The van der Waals surface area contributed by atoms with E-state index >= 15 is 0 Å². The van der Waals surface area contributed by atoms with E-state index in [1.807, 2.05) is 12.2 Å².